The van der Waals surface area contributed by atoms with Gasteiger partial charge in [-0.3, -0.25) is 9.69 Å². The fourth-order valence-corrected chi connectivity index (χ4v) is 5.01. The summed E-state index contributed by atoms with van der Waals surface area (Å²) in [4.78, 5) is 15.4. The number of hydrogen-bond donors (Lipinski definition) is 1. The smallest absolute Gasteiger partial charge is 0.254 e. The average Bonchev–Trinajstić information content (AvgIpc) is 3.22. The first-order valence-corrected chi connectivity index (χ1v) is 11.3. The van der Waals surface area contributed by atoms with Gasteiger partial charge in [0.1, 0.15) is 0 Å². The van der Waals surface area contributed by atoms with E-state index in [4.69, 9.17) is 0 Å². The zero-order chi connectivity index (χ0) is 20.1. The van der Waals surface area contributed by atoms with Crippen LogP contribution >= 0.6 is 11.3 Å². The summed E-state index contributed by atoms with van der Waals surface area (Å²) < 4.78 is 26.9. The number of hydrazone groups is 1. The van der Waals surface area contributed by atoms with Crippen LogP contribution in [0.4, 0.5) is 0 Å². The zero-order valence-electron chi connectivity index (χ0n) is 16.0. The molecule has 1 aromatic heterocycles. The number of benzene rings is 1. The zero-order valence-corrected chi connectivity index (χ0v) is 17.6. The van der Waals surface area contributed by atoms with E-state index >= 15 is 0 Å². The molecule has 0 bridgehead atoms. The van der Waals surface area contributed by atoms with Gasteiger partial charge in [-0.1, -0.05) is 23.8 Å². The van der Waals surface area contributed by atoms with E-state index < -0.39 is 10.0 Å². The summed E-state index contributed by atoms with van der Waals surface area (Å²) >= 11 is 1.56. The van der Waals surface area contributed by atoms with E-state index in [-0.39, 0.29) is 12.5 Å². The Bertz CT molecular complexity index is 930. The minimum Gasteiger partial charge on any atom is -0.292 e. The highest BCUT2D eigenvalue weighted by Crippen LogP contribution is 2.18. The van der Waals surface area contributed by atoms with Gasteiger partial charge in [0.2, 0.25) is 10.0 Å². The first-order chi connectivity index (χ1) is 13.4. The second-order valence-electron chi connectivity index (χ2n) is 6.70. The SMILES string of the molecule is C/C(=N\NC(=O)CN1CCN(S(=O)(=O)c2ccc(C)cc2)CC1)c1cccs1. The molecule has 0 atom stereocenters. The van der Waals surface area contributed by atoms with Crippen molar-refractivity contribution in [3.05, 3.63) is 52.2 Å². The Hall–Kier alpha value is -2.07. The average molecular weight is 421 g/mol. The highest BCUT2D eigenvalue weighted by atomic mass is 32.2. The summed E-state index contributed by atoms with van der Waals surface area (Å²) in [6.07, 6.45) is 0. The summed E-state index contributed by atoms with van der Waals surface area (Å²) in [5, 5.41) is 6.09. The quantitative estimate of drug-likeness (QED) is 0.572. The molecule has 1 amide bonds. The minimum absolute atomic E-state index is 0.194. The lowest BCUT2D eigenvalue weighted by molar-refractivity contribution is -0.122. The van der Waals surface area contributed by atoms with Crippen molar-refractivity contribution in [1.82, 2.24) is 14.6 Å². The maximum absolute atomic E-state index is 12.7. The highest BCUT2D eigenvalue weighted by Gasteiger charge is 2.28. The lowest BCUT2D eigenvalue weighted by Crippen LogP contribution is -2.50. The van der Waals surface area contributed by atoms with Gasteiger partial charge in [-0.15, -0.1) is 11.3 Å². The standard InChI is InChI=1S/C19H24N4O3S2/c1-15-5-7-17(8-6-15)28(25,26)23-11-9-22(10-12-23)14-19(24)21-20-16(2)18-4-3-13-27-18/h3-8,13H,9-12,14H2,1-2H3,(H,21,24)/b20-16+. The molecule has 1 N–H and O–H groups in total. The Labute approximate surface area is 169 Å². The number of thiophene rings is 1. The molecular formula is C19H24N4O3S2. The largest absolute Gasteiger partial charge is 0.292 e. The predicted molar refractivity (Wildman–Crippen MR) is 111 cm³/mol. The molecule has 1 saturated heterocycles. The Balaban J connectivity index is 1.50. The molecule has 7 nitrogen and oxygen atoms in total. The van der Waals surface area contributed by atoms with Crippen LogP contribution in [0.1, 0.15) is 17.4 Å². The Kier molecular flexibility index (Phi) is 6.61. The second-order valence-corrected chi connectivity index (χ2v) is 9.59. The lowest BCUT2D eigenvalue weighted by atomic mass is 10.2. The summed E-state index contributed by atoms with van der Waals surface area (Å²) in [5.74, 6) is -0.203. The van der Waals surface area contributed by atoms with Gasteiger partial charge in [0.15, 0.2) is 0 Å². The third-order valence-electron chi connectivity index (χ3n) is 4.58. The topological polar surface area (TPSA) is 82.1 Å². The number of rotatable bonds is 6. The van der Waals surface area contributed by atoms with E-state index in [9.17, 15) is 13.2 Å². The Morgan fingerprint density at radius 3 is 2.43 bits per heavy atom. The molecular weight excluding hydrogens is 396 g/mol. The van der Waals surface area contributed by atoms with Gasteiger partial charge in [-0.2, -0.15) is 9.41 Å². The third kappa shape index (κ3) is 5.05. The number of hydrogen-bond acceptors (Lipinski definition) is 6. The van der Waals surface area contributed by atoms with Crippen LogP contribution in [0.5, 0.6) is 0 Å². The van der Waals surface area contributed by atoms with Crippen LogP contribution in [0.15, 0.2) is 51.8 Å². The number of piperazine rings is 1. The van der Waals surface area contributed by atoms with Crippen molar-refractivity contribution in [3.8, 4) is 0 Å². The predicted octanol–water partition coefficient (Wildman–Crippen LogP) is 1.90. The van der Waals surface area contributed by atoms with Crippen molar-refractivity contribution in [3.63, 3.8) is 0 Å². The van der Waals surface area contributed by atoms with E-state index in [1.807, 2.05) is 36.3 Å². The van der Waals surface area contributed by atoms with E-state index in [1.54, 1.807) is 35.6 Å². The molecule has 2 heterocycles. The van der Waals surface area contributed by atoms with Crippen molar-refractivity contribution in [2.45, 2.75) is 18.7 Å². The van der Waals surface area contributed by atoms with Crippen molar-refractivity contribution in [1.29, 1.82) is 0 Å². The Morgan fingerprint density at radius 1 is 1.14 bits per heavy atom. The molecule has 28 heavy (non-hydrogen) atoms. The molecule has 1 aliphatic heterocycles. The van der Waals surface area contributed by atoms with Gasteiger partial charge in [0.25, 0.3) is 5.91 Å². The fourth-order valence-electron chi connectivity index (χ4n) is 2.91. The Morgan fingerprint density at radius 2 is 1.82 bits per heavy atom. The summed E-state index contributed by atoms with van der Waals surface area (Å²) in [7, 11) is -3.49. The van der Waals surface area contributed by atoms with Crippen LogP contribution in [0.25, 0.3) is 0 Å². The number of aryl methyl sites for hydroxylation is 1. The fraction of sp³-hybridized carbons (Fsp3) is 0.368. The second kappa shape index (κ2) is 8.95. The highest BCUT2D eigenvalue weighted by molar-refractivity contribution is 7.89. The number of sulfonamides is 1. The monoisotopic (exact) mass is 420 g/mol. The van der Waals surface area contributed by atoms with Gasteiger partial charge in [0.05, 0.1) is 17.2 Å². The summed E-state index contributed by atoms with van der Waals surface area (Å²) in [5.41, 5.74) is 4.35. The van der Waals surface area contributed by atoms with E-state index in [0.717, 1.165) is 16.2 Å². The number of nitrogens with zero attached hydrogens (tertiary/aromatic N) is 3. The molecule has 0 saturated carbocycles. The number of carbonyl (C=O) groups is 1. The molecule has 3 rings (SSSR count). The number of nitrogens with one attached hydrogen (secondary N) is 1. The summed E-state index contributed by atoms with van der Waals surface area (Å²) in [6, 6.07) is 10.8. The minimum atomic E-state index is -3.49. The summed E-state index contributed by atoms with van der Waals surface area (Å²) in [6.45, 7) is 5.70. The lowest BCUT2D eigenvalue weighted by Gasteiger charge is -2.33. The van der Waals surface area contributed by atoms with Crippen molar-refractivity contribution < 1.29 is 13.2 Å². The molecule has 150 valence electrons. The third-order valence-corrected chi connectivity index (χ3v) is 7.47. The number of amides is 1. The first kappa shape index (κ1) is 20.7. The van der Waals surface area contributed by atoms with E-state index in [2.05, 4.69) is 10.5 Å². The molecule has 1 aromatic carbocycles. The maximum Gasteiger partial charge on any atom is 0.254 e. The molecule has 1 aliphatic rings. The molecule has 0 aliphatic carbocycles. The van der Waals surface area contributed by atoms with E-state index in [1.165, 1.54) is 4.31 Å². The van der Waals surface area contributed by atoms with Gasteiger partial charge >= 0.3 is 0 Å². The molecule has 9 heteroatoms. The number of carbonyl (C=O) groups excluding carboxylic acids is 1. The molecule has 2 aromatic rings. The van der Waals surface area contributed by atoms with Crippen molar-refractivity contribution in [2.75, 3.05) is 32.7 Å². The molecule has 0 radical (unpaired) electrons. The van der Waals surface area contributed by atoms with Crippen LogP contribution in [0.3, 0.4) is 0 Å². The van der Waals surface area contributed by atoms with Crippen LogP contribution in [-0.2, 0) is 14.8 Å². The van der Waals surface area contributed by atoms with Crippen LogP contribution < -0.4 is 5.43 Å². The maximum atomic E-state index is 12.7. The van der Waals surface area contributed by atoms with Gasteiger partial charge in [0, 0.05) is 31.1 Å². The first-order valence-electron chi connectivity index (χ1n) is 9.02. The molecule has 1 fully saturated rings. The van der Waals surface area contributed by atoms with Crippen LogP contribution in [0.2, 0.25) is 0 Å². The van der Waals surface area contributed by atoms with Crippen molar-refractivity contribution in [2.24, 2.45) is 5.10 Å². The molecule has 0 spiro atoms. The van der Waals surface area contributed by atoms with Crippen LogP contribution in [-0.4, -0.2) is 62.0 Å². The van der Waals surface area contributed by atoms with Crippen LogP contribution in [0, 0.1) is 6.92 Å². The van der Waals surface area contributed by atoms with Gasteiger partial charge in [-0.05, 0) is 37.4 Å². The van der Waals surface area contributed by atoms with Gasteiger partial charge < -0.3 is 0 Å². The normalized spacial score (nSPS) is 16.9. The van der Waals surface area contributed by atoms with E-state index in [0.29, 0.717) is 31.1 Å². The van der Waals surface area contributed by atoms with Crippen molar-refractivity contribution >= 4 is 33.0 Å². The molecule has 0 unspecified atom stereocenters. The van der Waals surface area contributed by atoms with Gasteiger partial charge in [-0.25, -0.2) is 13.8 Å².